The van der Waals surface area contributed by atoms with Crippen molar-refractivity contribution >= 4 is 12.1 Å². The number of amides is 1. The Bertz CT molecular complexity index is 391. The summed E-state index contributed by atoms with van der Waals surface area (Å²) < 4.78 is 10.3. The van der Waals surface area contributed by atoms with E-state index in [-0.39, 0.29) is 11.9 Å². The number of esters is 1. The average molecular weight is 270 g/mol. The summed E-state index contributed by atoms with van der Waals surface area (Å²) in [6.45, 7) is 7.15. The molecule has 6 heteroatoms. The lowest BCUT2D eigenvalue weighted by molar-refractivity contribution is -0.153. The third-order valence-corrected chi connectivity index (χ3v) is 3.80. The number of hydrogen-bond acceptors (Lipinski definition) is 5. The van der Waals surface area contributed by atoms with Gasteiger partial charge in [-0.3, -0.25) is 4.90 Å². The van der Waals surface area contributed by atoms with Crippen molar-refractivity contribution in [3.8, 4) is 0 Å². The number of methoxy groups -OCH3 is 1. The molecule has 0 saturated carbocycles. The van der Waals surface area contributed by atoms with E-state index < -0.39 is 17.2 Å². The van der Waals surface area contributed by atoms with Gasteiger partial charge in [0, 0.05) is 25.6 Å². The molecule has 0 bridgehead atoms. The van der Waals surface area contributed by atoms with Gasteiger partial charge in [0.15, 0.2) is 5.54 Å². The fourth-order valence-corrected chi connectivity index (χ4v) is 2.99. The molecule has 0 aromatic carbocycles. The first kappa shape index (κ1) is 14.1. The minimum atomic E-state index is -0.892. The van der Waals surface area contributed by atoms with Crippen LogP contribution in [0.4, 0.5) is 4.79 Å². The van der Waals surface area contributed by atoms with Gasteiger partial charge in [-0.25, -0.2) is 9.59 Å². The SMILES string of the molecule is COC(=O)[C@@]12CNC[C@@H]1CCN2C(=O)OC(C)(C)C. The number of rotatable bonds is 1. The number of likely N-dealkylation sites (tertiary alicyclic amines) is 1. The Morgan fingerprint density at radius 1 is 1.37 bits per heavy atom. The van der Waals surface area contributed by atoms with Gasteiger partial charge in [-0.05, 0) is 27.2 Å². The zero-order valence-corrected chi connectivity index (χ0v) is 12.0. The van der Waals surface area contributed by atoms with E-state index in [0.29, 0.717) is 13.1 Å². The highest BCUT2D eigenvalue weighted by Crippen LogP contribution is 2.39. The third kappa shape index (κ3) is 2.29. The molecule has 2 aliphatic rings. The minimum absolute atomic E-state index is 0.104. The second-order valence-electron chi connectivity index (χ2n) is 6.16. The third-order valence-electron chi connectivity index (χ3n) is 3.80. The van der Waals surface area contributed by atoms with Crippen LogP contribution < -0.4 is 5.32 Å². The van der Waals surface area contributed by atoms with E-state index in [1.165, 1.54) is 12.0 Å². The molecule has 2 fully saturated rings. The van der Waals surface area contributed by atoms with Gasteiger partial charge in [0.1, 0.15) is 5.60 Å². The molecule has 108 valence electrons. The molecule has 1 amide bonds. The number of nitrogens with zero attached hydrogens (tertiary/aromatic N) is 1. The molecule has 0 unspecified atom stereocenters. The Morgan fingerprint density at radius 3 is 2.63 bits per heavy atom. The van der Waals surface area contributed by atoms with Crippen molar-refractivity contribution in [1.29, 1.82) is 0 Å². The molecule has 2 heterocycles. The molecule has 6 nitrogen and oxygen atoms in total. The second-order valence-corrected chi connectivity index (χ2v) is 6.16. The highest BCUT2D eigenvalue weighted by Gasteiger charge is 2.60. The van der Waals surface area contributed by atoms with E-state index >= 15 is 0 Å². The van der Waals surface area contributed by atoms with E-state index in [1.54, 1.807) is 0 Å². The maximum Gasteiger partial charge on any atom is 0.411 e. The summed E-state index contributed by atoms with van der Waals surface area (Å²) in [5.41, 5.74) is -1.46. The van der Waals surface area contributed by atoms with Crippen LogP contribution in [0.15, 0.2) is 0 Å². The lowest BCUT2D eigenvalue weighted by Gasteiger charge is -2.36. The topological polar surface area (TPSA) is 67.9 Å². The van der Waals surface area contributed by atoms with Crippen LogP contribution in [0, 0.1) is 5.92 Å². The van der Waals surface area contributed by atoms with Gasteiger partial charge < -0.3 is 14.8 Å². The average Bonchev–Trinajstić information content (AvgIpc) is 2.83. The number of hydrogen-bond donors (Lipinski definition) is 1. The van der Waals surface area contributed by atoms with Gasteiger partial charge in [-0.15, -0.1) is 0 Å². The second kappa shape index (κ2) is 4.67. The summed E-state index contributed by atoms with van der Waals surface area (Å²) in [5.74, 6) is -0.252. The predicted octanol–water partition coefficient (Wildman–Crippen LogP) is 0.758. The van der Waals surface area contributed by atoms with Crippen LogP contribution >= 0.6 is 0 Å². The largest absolute Gasteiger partial charge is 0.467 e. The van der Waals surface area contributed by atoms with E-state index in [1.807, 2.05) is 20.8 Å². The van der Waals surface area contributed by atoms with Gasteiger partial charge in [0.2, 0.25) is 0 Å². The highest BCUT2D eigenvalue weighted by molar-refractivity contribution is 5.88. The van der Waals surface area contributed by atoms with Gasteiger partial charge in [0.05, 0.1) is 7.11 Å². The van der Waals surface area contributed by atoms with Crippen molar-refractivity contribution in [2.24, 2.45) is 5.92 Å². The predicted molar refractivity (Wildman–Crippen MR) is 68.7 cm³/mol. The van der Waals surface area contributed by atoms with Crippen molar-refractivity contribution in [2.75, 3.05) is 26.7 Å². The van der Waals surface area contributed by atoms with Gasteiger partial charge in [-0.2, -0.15) is 0 Å². The Labute approximate surface area is 113 Å². The molecule has 0 radical (unpaired) electrons. The van der Waals surface area contributed by atoms with Crippen molar-refractivity contribution < 1.29 is 19.1 Å². The number of nitrogens with one attached hydrogen (secondary N) is 1. The fraction of sp³-hybridized carbons (Fsp3) is 0.846. The molecule has 1 N–H and O–H groups in total. The van der Waals surface area contributed by atoms with E-state index in [0.717, 1.165) is 13.0 Å². The van der Waals surface area contributed by atoms with Crippen LogP contribution in [-0.2, 0) is 14.3 Å². The normalized spacial score (nSPS) is 30.1. The van der Waals surface area contributed by atoms with Crippen molar-refractivity contribution in [1.82, 2.24) is 10.2 Å². The summed E-state index contributed by atoms with van der Waals surface area (Å²) >= 11 is 0. The van der Waals surface area contributed by atoms with Gasteiger partial charge in [-0.1, -0.05) is 0 Å². The first-order valence-electron chi connectivity index (χ1n) is 6.61. The molecule has 2 saturated heterocycles. The van der Waals surface area contributed by atoms with Crippen LogP contribution in [0.3, 0.4) is 0 Å². The molecular weight excluding hydrogens is 248 g/mol. The minimum Gasteiger partial charge on any atom is -0.467 e. The Hall–Kier alpha value is -1.30. The monoisotopic (exact) mass is 270 g/mol. The summed E-state index contributed by atoms with van der Waals surface area (Å²) in [5, 5.41) is 3.18. The van der Waals surface area contributed by atoms with Crippen LogP contribution in [0.2, 0.25) is 0 Å². The van der Waals surface area contributed by atoms with Crippen LogP contribution in [-0.4, -0.2) is 54.8 Å². The van der Waals surface area contributed by atoms with E-state index in [4.69, 9.17) is 9.47 Å². The molecule has 0 aliphatic carbocycles. The molecule has 0 spiro atoms. The van der Waals surface area contributed by atoms with Crippen LogP contribution in [0.5, 0.6) is 0 Å². The number of ether oxygens (including phenoxy) is 2. The molecule has 0 aromatic heterocycles. The number of carbonyl (C=O) groups is 2. The molecular formula is C13H22N2O4. The smallest absolute Gasteiger partial charge is 0.411 e. The molecule has 2 aliphatic heterocycles. The number of carbonyl (C=O) groups excluding carboxylic acids is 2. The maximum atomic E-state index is 12.3. The Kier molecular flexibility index (Phi) is 3.47. The lowest BCUT2D eigenvalue weighted by atomic mass is 9.88. The molecule has 0 aromatic rings. The number of fused-ring (bicyclic) bond motifs is 1. The molecule has 2 atom stereocenters. The zero-order valence-electron chi connectivity index (χ0n) is 12.0. The van der Waals surface area contributed by atoms with Crippen molar-refractivity contribution in [3.05, 3.63) is 0 Å². The van der Waals surface area contributed by atoms with E-state index in [2.05, 4.69) is 5.32 Å². The summed E-state index contributed by atoms with van der Waals surface area (Å²) in [6.07, 6.45) is 0.352. The van der Waals surface area contributed by atoms with E-state index in [9.17, 15) is 9.59 Å². The zero-order chi connectivity index (χ0) is 14.3. The quantitative estimate of drug-likeness (QED) is 0.712. The fourth-order valence-electron chi connectivity index (χ4n) is 2.99. The highest BCUT2D eigenvalue weighted by atomic mass is 16.6. The van der Waals surface area contributed by atoms with Gasteiger partial charge >= 0.3 is 12.1 Å². The summed E-state index contributed by atoms with van der Waals surface area (Å²) in [6, 6.07) is 0. The van der Waals surface area contributed by atoms with Crippen LogP contribution in [0.1, 0.15) is 27.2 Å². The Balaban J connectivity index is 2.25. The Morgan fingerprint density at radius 2 is 2.05 bits per heavy atom. The summed E-state index contributed by atoms with van der Waals surface area (Å²) in [7, 11) is 1.36. The first-order valence-corrected chi connectivity index (χ1v) is 6.61. The standard InChI is InChI=1S/C13H22N2O4/c1-12(2,3)19-11(17)15-6-5-9-7-14-8-13(9,15)10(16)18-4/h9,14H,5-8H2,1-4H3/t9-,13+/m0/s1. The van der Waals surface area contributed by atoms with Crippen LogP contribution in [0.25, 0.3) is 0 Å². The summed E-state index contributed by atoms with van der Waals surface area (Å²) in [4.78, 5) is 26.0. The van der Waals surface area contributed by atoms with Gasteiger partial charge in [0.25, 0.3) is 0 Å². The molecule has 19 heavy (non-hydrogen) atoms. The first-order chi connectivity index (χ1) is 8.81. The van der Waals surface area contributed by atoms with Crippen molar-refractivity contribution in [2.45, 2.75) is 38.3 Å². The van der Waals surface area contributed by atoms with Crippen molar-refractivity contribution in [3.63, 3.8) is 0 Å². The molecule has 2 rings (SSSR count). The lowest BCUT2D eigenvalue weighted by Crippen LogP contribution is -2.58. The maximum absolute atomic E-state index is 12.3.